The third kappa shape index (κ3) is 14.0. The van der Waals surface area contributed by atoms with Crippen molar-refractivity contribution in [2.45, 2.75) is 39.3 Å². The summed E-state index contributed by atoms with van der Waals surface area (Å²) in [6, 6.07) is 54.2. The Hall–Kier alpha value is -4.06. The molecule has 62 heavy (non-hydrogen) atoms. The van der Waals surface area contributed by atoms with Gasteiger partial charge in [-0.25, -0.2) is 0 Å². The van der Waals surface area contributed by atoms with Crippen molar-refractivity contribution in [2.24, 2.45) is 0 Å². The molecular weight excluding hydrogens is 795 g/mol. The minimum absolute atomic E-state index is 0.680. The van der Waals surface area contributed by atoms with Crippen molar-refractivity contribution < 1.29 is 0 Å². The van der Waals surface area contributed by atoms with Gasteiger partial charge in [-0.15, -0.1) is 0 Å². The predicted molar refractivity (Wildman–Crippen MR) is 275 cm³/mol. The van der Waals surface area contributed by atoms with Crippen LogP contribution in [0.2, 0.25) is 0 Å². The first-order chi connectivity index (χ1) is 29.7. The van der Waals surface area contributed by atoms with E-state index in [0.29, 0.717) is 0 Å². The molecule has 6 aromatic rings. The molecule has 0 N–H and O–H groups in total. The highest BCUT2D eigenvalue weighted by molar-refractivity contribution is 7.80. The summed E-state index contributed by atoms with van der Waals surface area (Å²) < 4.78 is 0. The molecule has 0 spiro atoms. The lowest BCUT2D eigenvalue weighted by Crippen LogP contribution is -2.31. The zero-order valence-corrected chi connectivity index (χ0v) is 41.5. The Morgan fingerprint density at radius 3 is 0.484 bits per heavy atom. The van der Waals surface area contributed by atoms with E-state index in [9.17, 15) is 0 Å². The largest absolute Gasteiger partial charge is 0.305 e. The van der Waals surface area contributed by atoms with Crippen LogP contribution < -0.4 is 31.8 Å². The number of hydrogen-bond acceptors (Lipinski definition) is 6. The fraction of sp³-hybridized carbons (Fsp3) is 0.333. The van der Waals surface area contributed by atoms with E-state index in [4.69, 9.17) is 0 Å². The van der Waals surface area contributed by atoms with Gasteiger partial charge < -0.3 is 29.4 Å². The van der Waals surface area contributed by atoms with Gasteiger partial charge in [0.1, 0.15) is 0 Å². The summed E-state index contributed by atoms with van der Waals surface area (Å²) in [6.07, 6.45) is 0. The predicted octanol–water partition coefficient (Wildman–Crippen LogP) is 7.26. The summed E-state index contributed by atoms with van der Waals surface area (Å²) >= 11 is 0. The lowest BCUT2D eigenvalue weighted by molar-refractivity contribution is 0.403. The van der Waals surface area contributed by atoms with Crippen LogP contribution in [0.15, 0.2) is 146 Å². The van der Waals surface area contributed by atoms with Crippen LogP contribution in [-0.4, -0.2) is 114 Å². The standard InChI is InChI=1S/2C27H36N3P/c2*1-28(2)19-22-13-7-10-16-25(22)31(26-17-11-8-14-23(26)20-29(3)4)27-18-12-9-15-24(27)21-30(5)6/h2*7-18H,19-21H2,1-6H3. The molecule has 0 atom stereocenters. The normalized spacial score (nSPS) is 11.8. The maximum absolute atomic E-state index is 2.35. The Labute approximate surface area is 378 Å². The molecule has 0 bridgehead atoms. The molecule has 0 aromatic heterocycles. The topological polar surface area (TPSA) is 19.4 Å². The van der Waals surface area contributed by atoms with Gasteiger partial charge in [-0.2, -0.15) is 0 Å². The van der Waals surface area contributed by atoms with E-state index in [2.05, 4.69) is 260 Å². The first-order valence-electron chi connectivity index (χ1n) is 21.7. The van der Waals surface area contributed by atoms with E-state index < -0.39 is 15.8 Å². The van der Waals surface area contributed by atoms with Crippen LogP contribution >= 0.6 is 15.8 Å². The molecular formula is C54H72N6P2. The van der Waals surface area contributed by atoms with E-state index in [0.717, 1.165) is 39.3 Å². The van der Waals surface area contributed by atoms with Crippen LogP contribution in [-0.2, 0) is 39.3 Å². The van der Waals surface area contributed by atoms with Gasteiger partial charge in [-0.05, 0) is 166 Å². The second-order valence-corrected chi connectivity index (χ2v) is 22.1. The number of hydrogen-bond donors (Lipinski definition) is 0. The molecule has 0 aliphatic rings. The highest BCUT2D eigenvalue weighted by Crippen LogP contribution is 2.39. The molecule has 0 aliphatic carbocycles. The average Bonchev–Trinajstić information content (AvgIpc) is 3.21. The fourth-order valence-corrected chi connectivity index (χ4v) is 13.6. The Balaban J connectivity index is 0.000000234. The zero-order valence-electron chi connectivity index (χ0n) is 39.7. The van der Waals surface area contributed by atoms with Gasteiger partial charge in [-0.1, -0.05) is 146 Å². The van der Waals surface area contributed by atoms with Crippen LogP contribution in [0.3, 0.4) is 0 Å². The van der Waals surface area contributed by atoms with Crippen LogP contribution in [0.1, 0.15) is 33.4 Å². The van der Waals surface area contributed by atoms with Crippen molar-refractivity contribution in [1.29, 1.82) is 0 Å². The smallest absolute Gasteiger partial charge is 0.0234 e. The highest BCUT2D eigenvalue weighted by Gasteiger charge is 2.26. The molecule has 8 heteroatoms. The van der Waals surface area contributed by atoms with Gasteiger partial charge in [0, 0.05) is 39.3 Å². The molecule has 0 heterocycles. The monoisotopic (exact) mass is 867 g/mol. The number of benzene rings is 6. The van der Waals surface area contributed by atoms with Gasteiger partial charge in [0.15, 0.2) is 0 Å². The first-order valence-corrected chi connectivity index (χ1v) is 24.4. The lowest BCUT2D eigenvalue weighted by Gasteiger charge is -2.28. The summed E-state index contributed by atoms with van der Waals surface area (Å²) in [4.78, 5) is 13.6. The second-order valence-electron chi connectivity index (χ2n) is 17.9. The number of nitrogens with zero attached hydrogens (tertiary/aromatic N) is 6. The summed E-state index contributed by atoms with van der Waals surface area (Å²) in [5.41, 5.74) is 8.49. The van der Waals surface area contributed by atoms with Crippen molar-refractivity contribution >= 4 is 47.7 Å². The second kappa shape index (κ2) is 24.1. The minimum Gasteiger partial charge on any atom is -0.305 e. The van der Waals surface area contributed by atoms with Gasteiger partial charge in [0.2, 0.25) is 0 Å². The summed E-state index contributed by atoms with van der Waals surface area (Å²) in [5, 5.41) is 8.77. The van der Waals surface area contributed by atoms with Gasteiger partial charge in [0.05, 0.1) is 0 Å². The molecule has 0 radical (unpaired) electrons. The molecule has 328 valence electrons. The summed E-state index contributed by atoms with van der Waals surface area (Å²) in [5.74, 6) is 0. The molecule has 0 aliphatic heterocycles. The molecule has 0 saturated heterocycles. The van der Waals surface area contributed by atoms with E-state index in [-0.39, 0.29) is 0 Å². The van der Waals surface area contributed by atoms with Crippen LogP contribution in [0.25, 0.3) is 0 Å². The highest BCUT2D eigenvalue weighted by atomic mass is 31.1. The average molecular weight is 867 g/mol. The first kappa shape index (κ1) is 49.0. The van der Waals surface area contributed by atoms with E-state index >= 15 is 0 Å². The summed E-state index contributed by atoms with van der Waals surface area (Å²) in [7, 11) is 24.5. The van der Waals surface area contributed by atoms with Crippen molar-refractivity contribution in [3.8, 4) is 0 Å². The molecule has 6 rings (SSSR count). The quantitative estimate of drug-likeness (QED) is 0.0843. The van der Waals surface area contributed by atoms with Crippen LogP contribution in [0, 0.1) is 0 Å². The molecule has 6 nitrogen and oxygen atoms in total. The van der Waals surface area contributed by atoms with Crippen molar-refractivity contribution in [1.82, 2.24) is 29.4 Å². The summed E-state index contributed by atoms with van der Waals surface area (Å²) in [6.45, 7) is 5.67. The maximum atomic E-state index is 2.35. The molecule has 0 unspecified atom stereocenters. The van der Waals surface area contributed by atoms with Crippen LogP contribution in [0.4, 0.5) is 0 Å². The number of rotatable bonds is 18. The van der Waals surface area contributed by atoms with Gasteiger partial charge in [-0.3, -0.25) is 0 Å². The van der Waals surface area contributed by atoms with Crippen molar-refractivity contribution in [3.63, 3.8) is 0 Å². The molecule has 0 fully saturated rings. The van der Waals surface area contributed by atoms with E-state index in [1.54, 1.807) is 0 Å². The fourth-order valence-electron chi connectivity index (χ4n) is 8.00. The molecule has 6 aromatic carbocycles. The maximum Gasteiger partial charge on any atom is 0.0234 e. The lowest BCUT2D eigenvalue weighted by atomic mass is 10.2. The van der Waals surface area contributed by atoms with Gasteiger partial charge in [0.25, 0.3) is 0 Å². The van der Waals surface area contributed by atoms with Crippen molar-refractivity contribution in [3.05, 3.63) is 179 Å². The third-order valence-corrected chi connectivity index (χ3v) is 15.8. The van der Waals surface area contributed by atoms with Crippen molar-refractivity contribution in [2.75, 3.05) is 84.6 Å². The Morgan fingerprint density at radius 2 is 0.355 bits per heavy atom. The molecule has 0 saturated carbocycles. The zero-order chi connectivity index (χ0) is 44.8. The Morgan fingerprint density at radius 1 is 0.226 bits per heavy atom. The van der Waals surface area contributed by atoms with Crippen LogP contribution in [0.5, 0.6) is 0 Å². The SMILES string of the molecule is CN(C)Cc1ccccc1P(c1ccccc1CN(C)C)c1ccccc1CN(C)C.CN(C)Cc1ccccc1P(c1ccccc1CN(C)C)c1ccccc1CN(C)C. The minimum atomic E-state index is -0.680. The molecule has 0 amide bonds. The van der Waals surface area contributed by atoms with Gasteiger partial charge >= 0.3 is 0 Å². The van der Waals surface area contributed by atoms with E-state index in [1.165, 1.54) is 65.2 Å². The third-order valence-electron chi connectivity index (χ3n) is 10.3. The Kier molecular flexibility index (Phi) is 19.1. The Bertz CT molecular complexity index is 1870. The van der Waals surface area contributed by atoms with E-state index in [1.807, 2.05) is 0 Å².